The molecule has 0 amide bonds. The molecule has 3 nitrogen and oxygen atoms in total. The first-order valence-corrected chi connectivity index (χ1v) is 20.1. The highest BCUT2D eigenvalue weighted by atomic mass is 16.3. The summed E-state index contributed by atoms with van der Waals surface area (Å²) in [6, 6.07) is 70.8. The normalized spacial score (nSPS) is 13.1. The molecule has 11 aromatic rings. The van der Waals surface area contributed by atoms with Crippen molar-refractivity contribution in [2.75, 3.05) is 4.90 Å². The Labute approximate surface area is 336 Å². The Bertz CT molecular complexity index is 3430. The molecule has 12 rings (SSSR count). The highest BCUT2D eigenvalue weighted by Gasteiger charge is 2.36. The molecule has 0 bridgehead atoms. The molecular weight excluding hydrogens is 705 g/mol. The lowest BCUT2D eigenvalue weighted by Crippen LogP contribution is -2.16. The molecule has 2 aromatic heterocycles. The summed E-state index contributed by atoms with van der Waals surface area (Å²) >= 11 is 0. The first-order valence-electron chi connectivity index (χ1n) is 20.1. The van der Waals surface area contributed by atoms with Crippen LogP contribution < -0.4 is 4.90 Å². The Morgan fingerprint density at radius 1 is 0.431 bits per heavy atom. The van der Waals surface area contributed by atoms with Gasteiger partial charge in [-0.15, -0.1) is 0 Å². The summed E-state index contributed by atoms with van der Waals surface area (Å²) in [4.78, 5) is 2.44. The van der Waals surface area contributed by atoms with Crippen molar-refractivity contribution in [3.63, 3.8) is 0 Å². The molecule has 0 aliphatic heterocycles. The molecule has 0 spiro atoms. The van der Waals surface area contributed by atoms with Gasteiger partial charge in [-0.25, -0.2) is 0 Å². The largest absolute Gasteiger partial charge is 0.455 e. The van der Waals surface area contributed by atoms with E-state index >= 15 is 0 Å². The van der Waals surface area contributed by atoms with Gasteiger partial charge in [0.15, 0.2) is 0 Å². The first-order chi connectivity index (χ1) is 28.5. The number of furan rings is 1. The van der Waals surface area contributed by atoms with Crippen molar-refractivity contribution in [3.8, 4) is 27.9 Å². The lowest BCUT2D eigenvalue weighted by Gasteiger charge is -2.28. The number of anilines is 3. The first kappa shape index (κ1) is 32.8. The van der Waals surface area contributed by atoms with Crippen LogP contribution in [0, 0.1) is 0 Å². The number of hydrogen-bond donors (Lipinski definition) is 0. The molecule has 0 unspecified atom stereocenters. The van der Waals surface area contributed by atoms with Gasteiger partial charge in [0, 0.05) is 55.1 Å². The van der Waals surface area contributed by atoms with Crippen molar-refractivity contribution in [2.45, 2.75) is 19.3 Å². The maximum Gasteiger partial charge on any atom is 0.143 e. The minimum atomic E-state index is -0.126. The lowest BCUT2D eigenvalue weighted by molar-refractivity contribution is 0.660. The van der Waals surface area contributed by atoms with Crippen molar-refractivity contribution in [3.05, 3.63) is 205 Å². The van der Waals surface area contributed by atoms with E-state index in [1.54, 1.807) is 0 Å². The van der Waals surface area contributed by atoms with Crippen LogP contribution in [-0.2, 0) is 5.41 Å². The molecule has 0 fully saturated rings. The Morgan fingerprint density at radius 3 is 2.00 bits per heavy atom. The molecule has 58 heavy (non-hydrogen) atoms. The van der Waals surface area contributed by atoms with Crippen LogP contribution in [0.5, 0.6) is 0 Å². The second kappa shape index (κ2) is 12.3. The van der Waals surface area contributed by atoms with Crippen LogP contribution in [0.2, 0.25) is 0 Å². The minimum absolute atomic E-state index is 0.126. The van der Waals surface area contributed by atoms with Gasteiger partial charge in [-0.2, -0.15) is 0 Å². The van der Waals surface area contributed by atoms with Crippen molar-refractivity contribution in [2.24, 2.45) is 0 Å². The van der Waals surface area contributed by atoms with E-state index in [-0.39, 0.29) is 5.41 Å². The Hall–Kier alpha value is -7.36. The fourth-order valence-corrected chi connectivity index (χ4v) is 9.74. The lowest BCUT2D eigenvalue weighted by atomic mass is 9.82. The summed E-state index contributed by atoms with van der Waals surface area (Å²) in [6.45, 7) is 4.71. The summed E-state index contributed by atoms with van der Waals surface area (Å²) in [5, 5.41) is 6.95. The topological polar surface area (TPSA) is 21.3 Å². The van der Waals surface area contributed by atoms with E-state index in [4.69, 9.17) is 4.42 Å². The van der Waals surface area contributed by atoms with Gasteiger partial charge in [0.1, 0.15) is 11.2 Å². The third-order valence-corrected chi connectivity index (χ3v) is 12.5. The predicted molar refractivity (Wildman–Crippen MR) is 243 cm³/mol. The molecule has 0 N–H and O–H groups in total. The van der Waals surface area contributed by atoms with Gasteiger partial charge in [-0.05, 0) is 118 Å². The molecule has 274 valence electrons. The van der Waals surface area contributed by atoms with E-state index < -0.39 is 0 Å². The van der Waals surface area contributed by atoms with E-state index in [0.717, 1.165) is 66.5 Å². The van der Waals surface area contributed by atoms with Gasteiger partial charge in [-0.3, -0.25) is 0 Å². The minimum Gasteiger partial charge on any atom is -0.455 e. The van der Waals surface area contributed by atoms with Gasteiger partial charge in [0.25, 0.3) is 0 Å². The van der Waals surface area contributed by atoms with Gasteiger partial charge < -0.3 is 13.9 Å². The average Bonchev–Trinajstić information content (AvgIpc) is 3.89. The maximum absolute atomic E-state index is 6.58. The Morgan fingerprint density at radius 2 is 1.12 bits per heavy atom. The van der Waals surface area contributed by atoms with E-state index in [0.29, 0.717) is 0 Å². The zero-order valence-corrected chi connectivity index (χ0v) is 32.3. The van der Waals surface area contributed by atoms with E-state index in [9.17, 15) is 0 Å². The van der Waals surface area contributed by atoms with Crippen LogP contribution in [0.1, 0.15) is 25.0 Å². The van der Waals surface area contributed by atoms with Crippen LogP contribution in [-0.4, -0.2) is 4.57 Å². The number of hydrogen-bond acceptors (Lipinski definition) is 2. The molecule has 0 atom stereocenters. The molecular formula is C55H38N2O. The zero-order valence-electron chi connectivity index (χ0n) is 32.3. The molecule has 0 radical (unpaired) electrons. The van der Waals surface area contributed by atoms with Crippen molar-refractivity contribution >= 4 is 71.6 Å². The van der Waals surface area contributed by atoms with Crippen molar-refractivity contribution < 1.29 is 4.42 Å². The molecule has 1 aliphatic rings. The smallest absolute Gasteiger partial charge is 0.143 e. The van der Waals surface area contributed by atoms with E-state index in [1.807, 2.05) is 6.07 Å². The number of benzene rings is 9. The summed E-state index contributed by atoms with van der Waals surface area (Å²) in [5.41, 5.74) is 16.2. The highest BCUT2D eigenvalue weighted by molar-refractivity contribution is 6.21. The molecule has 0 saturated heterocycles. The van der Waals surface area contributed by atoms with E-state index in [2.05, 4.69) is 211 Å². The number of aromatic nitrogens is 1. The van der Waals surface area contributed by atoms with Crippen molar-refractivity contribution in [1.29, 1.82) is 0 Å². The van der Waals surface area contributed by atoms with Crippen LogP contribution in [0.4, 0.5) is 17.1 Å². The van der Waals surface area contributed by atoms with Gasteiger partial charge in [0.2, 0.25) is 0 Å². The van der Waals surface area contributed by atoms with Gasteiger partial charge >= 0.3 is 0 Å². The van der Waals surface area contributed by atoms with E-state index in [1.165, 1.54) is 44.2 Å². The molecule has 9 aromatic carbocycles. The van der Waals surface area contributed by atoms with Crippen LogP contribution in [0.15, 0.2) is 199 Å². The summed E-state index contributed by atoms with van der Waals surface area (Å²) in [7, 11) is 0. The zero-order chi connectivity index (χ0) is 38.5. The van der Waals surface area contributed by atoms with Crippen LogP contribution in [0.25, 0.3) is 82.5 Å². The average molecular weight is 743 g/mol. The third kappa shape index (κ3) is 4.80. The summed E-state index contributed by atoms with van der Waals surface area (Å²) < 4.78 is 8.98. The predicted octanol–water partition coefficient (Wildman–Crippen LogP) is 15.3. The Kier molecular flexibility index (Phi) is 6.98. The van der Waals surface area contributed by atoms with Gasteiger partial charge in [-0.1, -0.05) is 129 Å². The Balaban J connectivity index is 1.12. The third-order valence-electron chi connectivity index (χ3n) is 12.5. The fourth-order valence-electron chi connectivity index (χ4n) is 9.74. The monoisotopic (exact) mass is 742 g/mol. The van der Waals surface area contributed by atoms with Crippen LogP contribution in [0.3, 0.4) is 0 Å². The number of rotatable bonds is 5. The summed E-state index contributed by atoms with van der Waals surface area (Å²) in [6.07, 6.45) is 0. The van der Waals surface area contributed by atoms with Gasteiger partial charge in [0.05, 0.1) is 11.0 Å². The second-order valence-electron chi connectivity index (χ2n) is 16.2. The highest BCUT2D eigenvalue weighted by Crippen LogP contribution is 2.51. The number of fused-ring (bicyclic) bond motifs is 11. The molecule has 1 aliphatic carbocycles. The molecule has 3 heteroatoms. The second-order valence-corrected chi connectivity index (χ2v) is 16.2. The summed E-state index contributed by atoms with van der Waals surface area (Å²) in [5.74, 6) is 0. The number of nitrogens with zero attached hydrogens (tertiary/aromatic N) is 2. The quantitative estimate of drug-likeness (QED) is 0.175. The molecule has 0 saturated carbocycles. The maximum atomic E-state index is 6.58. The van der Waals surface area contributed by atoms with Crippen LogP contribution >= 0.6 is 0 Å². The number of para-hydroxylation sites is 2. The standard InChI is InChI=1S/C55H38N2O/c1-55(2)49-22-11-9-20-42(49)43-28-25-41(33-50(43)55)56(39-19-13-16-36(30-39)35-14-5-3-6-15-35)40-26-29-51-48(32-40)47-31-37-24-27-45-44-21-10-12-23-53(44)58-54(45)46(37)34-52(47)57(51)38-17-7-4-8-18-38/h3-34H,1-2H3. The van der Waals surface area contributed by atoms with Crippen molar-refractivity contribution in [1.82, 2.24) is 4.57 Å². The fraction of sp³-hybridized carbons (Fsp3) is 0.0545. The SMILES string of the molecule is CC1(C)c2ccccc2-c2ccc(N(c3cccc(-c4ccccc4)c3)c3ccc4c(c3)c3cc5ccc6c7ccccc7oc6c5cc3n4-c3ccccc3)cc21. The molecule has 2 heterocycles.